The van der Waals surface area contributed by atoms with E-state index >= 15 is 0 Å². The third kappa shape index (κ3) is 4.47. The standard InChI is InChI=1S/C22H19N5O2/c1-15-5-6-16(21-24-10-11-25-21)12-19(15)27-22(28)17-7-8-20(26-13-17)29-14-18-4-2-3-9-23-18/h2-13H,14H2,1H3,(H,24,25)(H,27,28). The number of hydrogen-bond acceptors (Lipinski definition) is 5. The Morgan fingerprint density at radius 1 is 1.07 bits per heavy atom. The maximum Gasteiger partial charge on any atom is 0.257 e. The number of aromatic nitrogens is 4. The van der Waals surface area contributed by atoms with Gasteiger partial charge in [-0.1, -0.05) is 18.2 Å². The van der Waals surface area contributed by atoms with Crippen LogP contribution in [0.1, 0.15) is 21.6 Å². The van der Waals surface area contributed by atoms with Crippen LogP contribution < -0.4 is 10.1 Å². The van der Waals surface area contributed by atoms with Crippen LogP contribution in [0.4, 0.5) is 5.69 Å². The van der Waals surface area contributed by atoms with Gasteiger partial charge in [0.05, 0.1) is 11.3 Å². The lowest BCUT2D eigenvalue weighted by Gasteiger charge is -2.10. The molecule has 4 rings (SSSR count). The van der Waals surface area contributed by atoms with Crippen molar-refractivity contribution in [2.24, 2.45) is 0 Å². The van der Waals surface area contributed by atoms with Crippen LogP contribution in [0.5, 0.6) is 5.88 Å². The van der Waals surface area contributed by atoms with Crippen LogP contribution >= 0.6 is 0 Å². The van der Waals surface area contributed by atoms with Gasteiger partial charge in [0, 0.05) is 42.1 Å². The zero-order valence-corrected chi connectivity index (χ0v) is 15.8. The Balaban J connectivity index is 1.43. The number of H-pyrrole nitrogens is 1. The molecule has 0 fully saturated rings. The number of aromatic amines is 1. The Labute approximate surface area is 167 Å². The number of imidazole rings is 1. The summed E-state index contributed by atoms with van der Waals surface area (Å²) in [6.45, 7) is 2.26. The van der Waals surface area contributed by atoms with Crippen LogP contribution in [-0.2, 0) is 6.61 Å². The van der Waals surface area contributed by atoms with Crippen molar-refractivity contribution in [2.45, 2.75) is 13.5 Å². The van der Waals surface area contributed by atoms with Crippen molar-refractivity contribution < 1.29 is 9.53 Å². The van der Waals surface area contributed by atoms with Gasteiger partial charge in [-0.25, -0.2) is 9.97 Å². The van der Waals surface area contributed by atoms with Gasteiger partial charge in [0.15, 0.2) is 0 Å². The van der Waals surface area contributed by atoms with Crippen molar-refractivity contribution in [3.63, 3.8) is 0 Å². The molecule has 2 N–H and O–H groups in total. The summed E-state index contributed by atoms with van der Waals surface area (Å²) < 4.78 is 5.61. The van der Waals surface area contributed by atoms with Gasteiger partial charge in [-0.3, -0.25) is 9.78 Å². The lowest BCUT2D eigenvalue weighted by atomic mass is 10.1. The van der Waals surface area contributed by atoms with E-state index in [-0.39, 0.29) is 5.91 Å². The molecule has 0 aliphatic rings. The molecule has 3 heterocycles. The van der Waals surface area contributed by atoms with E-state index in [9.17, 15) is 4.79 Å². The van der Waals surface area contributed by atoms with Crippen molar-refractivity contribution in [2.75, 3.05) is 5.32 Å². The molecule has 4 aromatic rings. The molecule has 0 bridgehead atoms. The van der Waals surface area contributed by atoms with Gasteiger partial charge in [0.25, 0.3) is 5.91 Å². The summed E-state index contributed by atoms with van der Waals surface area (Å²) in [6, 6.07) is 14.8. The highest BCUT2D eigenvalue weighted by molar-refractivity contribution is 6.04. The van der Waals surface area contributed by atoms with Crippen LogP contribution in [0.2, 0.25) is 0 Å². The highest BCUT2D eigenvalue weighted by Gasteiger charge is 2.11. The quantitative estimate of drug-likeness (QED) is 0.523. The minimum atomic E-state index is -0.242. The Bertz CT molecular complexity index is 1090. The second-order valence-corrected chi connectivity index (χ2v) is 6.42. The third-order valence-electron chi connectivity index (χ3n) is 4.35. The SMILES string of the molecule is Cc1ccc(-c2ncc[nH]2)cc1NC(=O)c1ccc(OCc2ccccn2)nc1. The molecule has 3 aromatic heterocycles. The maximum atomic E-state index is 12.6. The van der Waals surface area contributed by atoms with Gasteiger partial charge in [-0.15, -0.1) is 0 Å². The number of hydrogen-bond donors (Lipinski definition) is 2. The molecule has 0 aliphatic heterocycles. The molecule has 7 nitrogen and oxygen atoms in total. The molecule has 144 valence electrons. The van der Waals surface area contributed by atoms with E-state index in [4.69, 9.17) is 4.74 Å². The maximum absolute atomic E-state index is 12.6. The topological polar surface area (TPSA) is 92.8 Å². The molecule has 1 amide bonds. The van der Waals surface area contributed by atoms with E-state index in [1.165, 1.54) is 6.20 Å². The highest BCUT2D eigenvalue weighted by atomic mass is 16.5. The largest absolute Gasteiger partial charge is 0.471 e. The van der Waals surface area contributed by atoms with Crippen LogP contribution in [0.25, 0.3) is 11.4 Å². The van der Waals surface area contributed by atoms with Crippen molar-refractivity contribution in [1.29, 1.82) is 0 Å². The minimum absolute atomic E-state index is 0.242. The predicted molar refractivity (Wildman–Crippen MR) is 110 cm³/mol. The molecule has 0 aliphatic carbocycles. The number of carbonyl (C=O) groups is 1. The Kier molecular flexibility index (Phi) is 5.29. The van der Waals surface area contributed by atoms with Crippen molar-refractivity contribution in [3.05, 3.63) is 90.1 Å². The number of pyridine rings is 2. The fourth-order valence-electron chi connectivity index (χ4n) is 2.75. The van der Waals surface area contributed by atoms with Crippen molar-refractivity contribution >= 4 is 11.6 Å². The number of anilines is 1. The lowest BCUT2D eigenvalue weighted by molar-refractivity contribution is 0.102. The number of nitrogens with zero attached hydrogens (tertiary/aromatic N) is 3. The highest BCUT2D eigenvalue weighted by Crippen LogP contribution is 2.23. The van der Waals surface area contributed by atoms with E-state index in [1.807, 2.05) is 43.3 Å². The summed E-state index contributed by atoms with van der Waals surface area (Å²) in [6.07, 6.45) is 6.66. The molecule has 0 saturated heterocycles. The number of aryl methyl sites for hydroxylation is 1. The first-order valence-corrected chi connectivity index (χ1v) is 9.09. The Morgan fingerprint density at radius 3 is 2.72 bits per heavy atom. The van der Waals surface area contributed by atoms with Gasteiger partial charge >= 0.3 is 0 Å². The van der Waals surface area contributed by atoms with Gasteiger partial charge in [0.2, 0.25) is 5.88 Å². The van der Waals surface area contributed by atoms with Gasteiger partial charge in [-0.2, -0.15) is 0 Å². The summed E-state index contributed by atoms with van der Waals surface area (Å²) in [7, 11) is 0. The van der Waals surface area contributed by atoms with Gasteiger partial charge in [0.1, 0.15) is 12.4 Å². The van der Waals surface area contributed by atoms with E-state index in [0.29, 0.717) is 18.1 Å². The number of benzene rings is 1. The normalized spacial score (nSPS) is 10.5. The number of rotatable bonds is 6. The summed E-state index contributed by atoms with van der Waals surface area (Å²) in [5.74, 6) is 0.938. The average molecular weight is 385 g/mol. The van der Waals surface area contributed by atoms with Crippen molar-refractivity contribution in [1.82, 2.24) is 19.9 Å². The molecule has 7 heteroatoms. The number of nitrogens with one attached hydrogen (secondary N) is 2. The van der Waals surface area contributed by atoms with Crippen LogP contribution in [0.15, 0.2) is 73.3 Å². The first-order valence-electron chi connectivity index (χ1n) is 9.09. The zero-order valence-electron chi connectivity index (χ0n) is 15.8. The fourth-order valence-corrected chi connectivity index (χ4v) is 2.75. The third-order valence-corrected chi connectivity index (χ3v) is 4.35. The molecule has 0 unspecified atom stereocenters. The Hall–Kier alpha value is -4.00. The van der Waals surface area contributed by atoms with Crippen molar-refractivity contribution in [3.8, 4) is 17.3 Å². The van der Waals surface area contributed by atoms with E-state index in [2.05, 4.69) is 25.3 Å². The summed E-state index contributed by atoms with van der Waals surface area (Å²) >= 11 is 0. The van der Waals surface area contributed by atoms with E-state index in [0.717, 1.165) is 28.3 Å². The zero-order chi connectivity index (χ0) is 20.1. The van der Waals surface area contributed by atoms with Crippen LogP contribution in [-0.4, -0.2) is 25.8 Å². The van der Waals surface area contributed by atoms with Gasteiger partial charge in [-0.05, 0) is 36.8 Å². The monoisotopic (exact) mass is 385 g/mol. The summed E-state index contributed by atoms with van der Waals surface area (Å²) in [5, 5.41) is 2.93. The second kappa shape index (κ2) is 8.35. The first-order chi connectivity index (χ1) is 14.2. The fraction of sp³-hybridized carbons (Fsp3) is 0.0909. The molecule has 0 radical (unpaired) electrons. The Morgan fingerprint density at radius 2 is 2.00 bits per heavy atom. The summed E-state index contributed by atoms with van der Waals surface area (Å²) in [5.41, 5.74) is 3.82. The molecular weight excluding hydrogens is 366 g/mol. The molecule has 0 saturated carbocycles. The second-order valence-electron chi connectivity index (χ2n) is 6.42. The molecule has 0 spiro atoms. The van der Waals surface area contributed by atoms with E-state index in [1.54, 1.807) is 30.7 Å². The van der Waals surface area contributed by atoms with Crippen LogP contribution in [0.3, 0.4) is 0 Å². The summed E-state index contributed by atoms with van der Waals surface area (Å²) in [4.78, 5) is 28.3. The number of carbonyl (C=O) groups excluding carboxylic acids is 1. The average Bonchev–Trinajstić information content (AvgIpc) is 3.30. The number of ether oxygens (including phenoxy) is 1. The van der Waals surface area contributed by atoms with Gasteiger partial charge < -0.3 is 15.0 Å². The molecule has 0 atom stereocenters. The predicted octanol–water partition coefficient (Wildman–Crippen LogP) is 4.01. The lowest BCUT2D eigenvalue weighted by Crippen LogP contribution is -2.13. The molecular formula is C22H19N5O2. The smallest absolute Gasteiger partial charge is 0.257 e. The minimum Gasteiger partial charge on any atom is -0.471 e. The van der Waals surface area contributed by atoms with Crippen LogP contribution in [0, 0.1) is 6.92 Å². The molecule has 29 heavy (non-hydrogen) atoms. The number of amides is 1. The first kappa shape index (κ1) is 18.4. The van der Waals surface area contributed by atoms with E-state index < -0.39 is 0 Å². The molecule has 1 aromatic carbocycles.